The zero-order valence-electron chi connectivity index (χ0n) is 11.4. The predicted octanol–water partition coefficient (Wildman–Crippen LogP) is 2.55. The standard InChI is InChI=1S/C15H16N2O4/c18-15(19)14-13(21-11-5-2-1-3-6-11)9-16-17(14)10-12-7-4-8-20-12/h1-3,5-6,9,12H,4,7-8,10H2,(H,18,19). The molecule has 1 aromatic carbocycles. The fourth-order valence-corrected chi connectivity index (χ4v) is 2.39. The van der Waals surface area contributed by atoms with Gasteiger partial charge in [-0.1, -0.05) is 18.2 Å². The van der Waals surface area contributed by atoms with Gasteiger partial charge in [0.15, 0.2) is 11.4 Å². The van der Waals surface area contributed by atoms with Crippen LogP contribution in [0.25, 0.3) is 0 Å². The number of aromatic carboxylic acids is 1. The molecule has 0 radical (unpaired) electrons. The van der Waals surface area contributed by atoms with Crippen LogP contribution in [0.4, 0.5) is 0 Å². The topological polar surface area (TPSA) is 73.6 Å². The minimum atomic E-state index is -1.06. The summed E-state index contributed by atoms with van der Waals surface area (Å²) in [5.74, 6) is -0.236. The van der Waals surface area contributed by atoms with E-state index in [1.54, 1.807) is 12.1 Å². The zero-order chi connectivity index (χ0) is 14.7. The Kier molecular flexibility index (Phi) is 3.87. The highest BCUT2D eigenvalue weighted by molar-refractivity contribution is 5.88. The van der Waals surface area contributed by atoms with E-state index in [2.05, 4.69) is 5.10 Å². The van der Waals surface area contributed by atoms with E-state index in [4.69, 9.17) is 9.47 Å². The van der Waals surface area contributed by atoms with Gasteiger partial charge in [0.25, 0.3) is 0 Å². The first-order valence-electron chi connectivity index (χ1n) is 6.87. The number of carboxylic acids is 1. The molecule has 0 spiro atoms. The maximum absolute atomic E-state index is 11.5. The molecule has 3 rings (SSSR count). The first-order valence-corrected chi connectivity index (χ1v) is 6.87. The number of nitrogens with zero attached hydrogens (tertiary/aromatic N) is 2. The summed E-state index contributed by atoms with van der Waals surface area (Å²) in [6.07, 6.45) is 3.38. The molecule has 1 saturated heterocycles. The molecule has 0 saturated carbocycles. The molecule has 1 aliphatic rings. The van der Waals surface area contributed by atoms with E-state index in [0.29, 0.717) is 12.3 Å². The molecular formula is C15H16N2O4. The summed E-state index contributed by atoms with van der Waals surface area (Å²) >= 11 is 0. The molecule has 1 atom stereocenters. The summed E-state index contributed by atoms with van der Waals surface area (Å²) < 4.78 is 12.6. The molecule has 0 amide bonds. The minimum Gasteiger partial charge on any atom is -0.476 e. The van der Waals surface area contributed by atoms with E-state index in [0.717, 1.165) is 19.4 Å². The van der Waals surface area contributed by atoms with Gasteiger partial charge in [-0.3, -0.25) is 4.68 Å². The number of benzene rings is 1. The average molecular weight is 288 g/mol. The van der Waals surface area contributed by atoms with Crippen LogP contribution in [0.15, 0.2) is 36.5 Å². The van der Waals surface area contributed by atoms with Gasteiger partial charge in [-0.15, -0.1) is 0 Å². The third kappa shape index (κ3) is 3.05. The van der Waals surface area contributed by atoms with E-state index in [1.807, 2.05) is 18.2 Å². The van der Waals surface area contributed by atoms with Gasteiger partial charge in [-0.2, -0.15) is 5.10 Å². The number of carboxylic acid groups (broad SMARTS) is 1. The van der Waals surface area contributed by atoms with Crippen LogP contribution in [0.1, 0.15) is 23.3 Å². The molecule has 1 aromatic heterocycles. The molecule has 110 valence electrons. The summed E-state index contributed by atoms with van der Waals surface area (Å²) in [6, 6.07) is 9.05. The maximum Gasteiger partial charge on any atom is 0.358 e. The smallest absolute Gasteiger partial charge is 0.358 e. The Hall–Kier alpha value is -2.34. The van der Waals surface area contributed by atoms with Crippen LogP contribution in [-0.2, 0) is 11.3 Å². The van der Waals surface area contributed by atoms with Crippen molar-refractivity contribution in [3.8, 4) is 11.5 Å². The van der Waals surface area contributed by atoms with Crippen molar-refractivity contribution >= 4 is 5.97 Å². The summed E-state index contributed by atoms with van der Waals surface area (Å²) in [5, 5.41) is 13.5. The Balaban J connectivity index is 1.83. The van der Waals surface area contributed by atoms with Gasteiger partial charge in [0.1, 0.15) is 5.75 Å². The van der Waals surface area contributed by atoms with Crippen LogP contribution < -0.4 is 4.74 Å². The van der Waals surface area contributed by atoms with Crippen molar-refractivity contribution in [2.75, 3.05) is 6.61 Å². The van der Waals surface area contributed by atoms with Crippen molar-refractivity contribution in [3.63, 3.8) is 0 Å². The van der Waals surface area contributed by atoms with E-state index in [9.17, 15) is 9.90 Å². The summed E-state index contributed by atoms with van der Waals surface area (Å²) in [5.41, 5.74) is 0.0503. The molecule has 6 nitrogen and oxygen atoms in total. The normalized spacial score (nSPS) is 17.8. The highest BCUT2D eigenvalue weighted by Gasteiger charge is 2.24. The Labute approximate surface area is 121 Å². The van der Waals surface area contributed by atoms with Crippen molar-refractivity contribution in [1.29, 1.82) is 0 Å². The SMILES string of the molecule is O=C(O)c1c(Oc2ccccc2)cnn1CC1CCCO1. The number of hydrogen-bond acceptors (Lipinski definition) is 4. The van der Waals surface area contributed by atoms with Crippen LogP contribution >= 0.6 is 0 Å². The number of ether oxygens (including phenoxy) is 2. The number of hydrogen-bond donors (Lipinski definition) is 1. The molecule has 0 bridgehead atoms. The first kappa shape index (κ1) is 13.6. The molecule has 2 aromatic rings. The maximum atomic E-state index is 11.5. The van der Waals surface area contributed by atoms with Gasteiger partial charge >= 0.3 is 5.97 Å². The summed E-state index contributed by atoms with van der Waals surface area (Å²) in [6.45, 7) is 1.15. The predicted molar refractivity (Wildman–Crippen MR) is 74.7 cm³/mol. The third-order valence-corrected chi connectivity index (χ3v) is 3.38. The lowest BCUT2D eigenvalue weighted by Gasteiger charge is -2.11. The number of rotatable bonds is 5. The largest absolute Gasteiger partial charge is 0.476 e. The number of aromatic nitrogens is 2. The molecule has 21 heavy (non-hydrogen) atoms. The third-order valence-electron chi connectivity index (χ3n) is 3.38. The highest BCUT2D eigenvalue weighted by atomic mass is 16.5. The highest BCUT2D eigenvalue weighted by Crippen LogP contribution is 2.26. The van der Waals surface area contributed by atoms with Crippen molar-refractivity contribution in [2.45, 2.75) is 25.5 Å². The Morgan fingerprint density at radius 1 is 1.43 bits per heavy atom. The number of carbonyl (C=O) groups is 1. The second kappa shape index (κ2) is 5.97. The number of para-hydroxylation sites is 1. The van der Waals surface area contributed by atoms with Gasteiger partial charge in [0, 0.05) is 6.61 Å². The van der Waals surface area contributed by atoms with E-state index < -0.39 is 5.97 Å². The summed E-state index contributed by atoms with van der Waals surface area (Å²) in [7, 11) is 0. The Morgan fingerprint density at radius 3 is 2.90 bits per heavy atom. The van der Waals surface area contributed by atoms with Crippen LogP contribution in [-0.4, -0.2) is 33.6 Å². The van der Waals surface area contributed by atoms with E-state index >= 15 is 0 Å². The molecular weight excluding hydrogens is 272 g/mol. The lowest BCUT2D eigenvalue weighted by Crippen LogP contribution is -2.20. The van der Waals surface area contributed by atoms with E-state index in [1.165, 1.54) is 10.9 Å². The van der Waals surface area contributed by atoms with Gasteiger partial charge in [-0.25, -0.2) is 4.79 Å². The molecule has 6 heteroatoms. The Morgan fingerprint density at radius 2 is 2.24 bits per heavy atom. The minimum absolute atomic E-state index is 0.0209. The first-order chi connectivity index (χ1) is 10.2. The average Bonchev–Trinajstić information content (AvgIpc) is 3.11. The second-order valence-electron chi connectivity index (χ2n) is 4.89. The summed E-state index contributed by atoms with van der Waals surface area (Å²) in [4.78, 5) is 11.5. The van der Waals surface area contributed by atoms with Crippen LogP contribution in [0.5, 0.6) is 11.5 Å². The van der Waals surface area contributed by atoms with Gasteiger partial charge < -0.3 is 14.6 Å². The van der Waals surface area contributed by atoms with Crippen LogP contribution in [0.3, 0.4) is 0 Å². The fraction of sp³-hybridized carbons (Fsp3) is 0.333. The fourth-order valence-electron chi connectivity index (χ4n) is 2.39. The molecule has 1 fully saturated rings. The quantitative estimate of drug-likeness (QED) is 0.915. The van der Waals surface area contributed by atoms with Crippen molar-refractivity contribution in [1.82, 2.24) is 9.78 Å². The zero-order valence-corrected chi connectivity index (χ0v) is 11.4. The molecule has 1 unspecified atom stereocenters. The second-order valence-corrected chi connectivity index (χ2v) is 4.89. The molecule has 2 heterocycles. The van der Waals surface area contributed by atoms with Crippen LogP contribution in [0, 0.1) is 0 Å². The molecule has 1 N–H and O–H groups in total. The molecule has 0 aliphatic carbocycles. The van der Waals surface area contributed by atoms with Gasteiger partial charge in [-0.05, 0) is 25.0 Å². The van der Waals surface area contributed by atoms with Crippen molar-refractivity contribution < 1.29 is 19.4 Å². The van der Waals surface area contributed by atoms with Gasteiger partial charge in [0.2, 0.25) is 0 Å². The van der Waals surface area contributed by atoms with Crippen molar-refractivity contribution in [3.05, 3.63) is 42.2 Å². The Bertz CT molecular complexity index is 618. The van der Waals surface area contributed by atoms with Crippen molar-refractivity contribution in [2.24, 2.45) is 0 Å². The monoisotopic (exact) mass is 288 g/mol. The van der Waals surface area contributed by atoms with E-state index in [-0.39, 0.29) is 17.5 Å². The van der Waals surface area contributed by atoms with Gasteiger partial charge in [0.05, 0.1) is 18.8 Å². The van der Waals surface area contributed by atoms with Crippen LogP contribution in [0.2, 0.25) is 0 Å². The molecule has 1 aliphatic heterocycles. The lowest BCUT2D eigenvalue weighted by molar-refractivity contribution is 0.0661. The lowest BCUT2D eigenvalue weighted by atomic mass is 10.2.